The lowest BCUT2D eigenvalue weighted by Crippen LogP contribution is -2.56. The van der Waals surface area contributed by atoms with E-state index in [1.54, 1.807) is 11.0 Å². The molecule has 0 aromatic carbocycles. The summed E-state index contributed by atoms with van der Waals surface area (Å²) in [4.78, 5) is 25.3. The van der Waals surface area contributed by atoms with Crippen LogP contribution in [0.25, 0.3) is 0 Å². The fourth-order valence-electron chi connectivity index (χ4n) is 2.93. The van der Waals surface area contributed by atoms with Gasteiger partial charge in [-0.3, -0.25) is 9.59 Å². The molecular formula is C18H30N2O3. The lowest BCUT2D eigenvalue weighted by atomic mass is 9.69. The van der Waals surface area contributed by atoms with Crippen molar-refractivity contribution in [3.05, 3.63) is 11.6 Å². The molecule has 2 rings (SSSR count). The van der Waals surface area contributed by atoms with E-state index >= 15 is 0 Å². The first kappa shape index (κ1) is 21.3. The maximum absolute atomic E-state index is 12.1. The first-order chi connectivity index (χ1) is 10.8. The minimum Gasteiger partial charge on any atom is -0.367 e. The average molecular weight is 322 g/mol. The Balaban J connectivity index is 0.00000112. The van der Waals surface area contributed by atoms with E-state index in [9.17, 15) is 9.59 Å². The van der Waals surface area contributed by atoms with Crippen molar-refractivity contribution in [1.82, 2.24) is 4.90 Å². The van der Waals surface area contributed by atoms with Crippen LogP contribution in [0.1, 0.15) is 54.9 Å². The molecule has 1 aliphatic heterocycles. The van der Waals surface area contributed by atoms with E-state index in [0.717, 1.165) is 0 Å². The van der Waals surface area contributed by atoms with Gasteiger partial charge < -0.3 is 9.64 Å². The molecule has 1 amide bonds. The fraction of sp³-hybridized carbons (Fsp3) is 0.722. The van der Waals surface area contributed by atoms with Crippen molar-refractivity contribution in [1.29, 1.82) is 5.26 Å². The van der Waals surface area contributed by atoms with Gasteiger partial charge in [-0.05, 0) is 12.5 Å². The molecule has 5 heteroatoms. The van der Waals surface area contributed by atoms with Gasteiger partial charge >= 0.3 is 0 Å². The Morgan fingerprint density at radius 3 is 2.35 bits per heavy atom. The van der Waals surface area contributed by atoms with Crippen molar-refractivity contribution < 1.29 is 14.3 Å². The van der Waals surface area contributed by atoms with Gasteiger partial charge in [0.1, 0.15) is 11.7 Å². The minimum absolute atomic E-state index is 0.00992. The highest BCUT2D eigenvalue weighted by Gasteiger charge is 2.48. The van der Waals surface area contributed by atoms with Crippen molar-refractivity contribution in [2.24, 2.45) is 5.41 Å². The van der Waals surface area contributed by atoms with E-state index in [1.807, 2.05) is 47.6 Å². The maximum atomic E-state index is 12.1. The number of amides is 1. The number of hydrogen-bond donors (Lipinski definition) is 0. The average Bonchev–Trinajstić information content (AvgIpc) is 2.54. The second-order valence-electron chi connectivity index (χ2n) is 5.91. The lowest BCUT2D eigenvalue weighted by molar-refractivity contribution is -0.149. The molecule has 0 N–H and O–H groups in total. The molecule has 2 aliphatic rings. The van der Waals surface area contributed by atoms with Crippen molar-refractivity contribution in [3.8, 4) is 6.07 Å². The number of ether oxygens (including phenoxy) is 1. The number of hydrogen-bond acceptors (Lipinski definition) is 4. The molecular weight excluding hydrogens is 292 g/mol. The van der Waals surface area contributed by atoms with Gasteiger partial charge in [-0.25, -0.2) is 0 Å². The Labute approximate surface area is 140 Å². The summed E-state index contributed by atoms with van der Waals surface area (Å²) in [6, 6.07) is 1.95. The largest absolute Gasteiger partial charge is 0.367 e. The van der Waals surface area contributed by atoms with Crippen LogP contribution in [0.5, 0.6) is 0 Å². The Morgan fingerprint density at radius 2 is 1.87 bits per heavy atom. The first-order valence-electron chi connectivity index (χ1n) is 8.37. The summed E-state index contributed by atoms with van der Waals surface area (Å²) < 4.78 is 5.83. The van der Waals surface area contributed by atoms with Gasteiger partial charge in [-0.2, -0.15) is 5.26 Å². The maximum Gasteiger partial charge on any atom is 0.219 e. The van der Waals surface area contributed by atoms with Crippen LogP contribution in [0.3, 0.4) is 0 Å². The van der Waals surface area contributed by atoms with E-state index < -0.39 is 11.0 Å². The molecule has 1 saturated heterocycles. The number of carbonyl (C=O) groups excluding carboxylic acids is 2. The Hall–Kier alpha value is -1.67. The molecule has 0 aromatic rings. The van der Waals surface area contributed by atoms with Crippen LogP contribution < -0.4 is 0 Å². The second-order valence-corrected chi connectivity index (χ2v) is 5.91. The zero-order valence-electron chi connectivity index (χ0n) is 15.5. The normalized spacial score (nSPS) is 25.2. The van der Waals surface area contributed by atoms with Gasteiger partial charge in [0.15, 0.2) is 5.78 Å². The molecule has 5 nitrogen and oxygen atoms in total. The molecule has 1 aliphatic carbocycles. The van der Waals surface area contributed by atoms with Gasteiger partial charge in [0.05, 0.1) is 18.7 Å². The van der Waals surface area contributed by atoms with Crippen molar-refractivity contribution in [2.45, 2.75) is 60.5 Å². The molecule has 1 heterocycles. The number of morpholine rings is 1. The van der Waals surface area contributed by atoms with E-state index in [0.29, 0.717) is 26.1 Å². The first-order valence-corrected chi connectivity index (χ1v) is 8.37. The summed E-state index contributed by atoms with van der Waals surface area (Å²) in [6.45, 7) is 14.5. The number of ketones is 1. The zero-order valence-corrected chi connectivity index (χ0v) is 15.5. The van der Waals surface area contributed by atoms with Crippen LogP contribution in [0.2, 0.25) is 0 Å². The number of Topliss-reactive ketones (excluding diaryl/α,β-unsaturated/α-hetero) is 1. The summed E-state index contributed by atoms with van der Waals surface area (Å²) in [5.74, 6) is -0.159. The molecule has 0 bridgehead atoms. The smallest absolute Gasteiger partial charge is 0.219 e. The number of rotatable bonds is 0. The number of nitriles is 1. The van der Waals surface area contributed by atoms with Crippen LogP contribution in [0.4, 0.5) is 0 Å². The third kappa shape index (κ3) is 4.90. The number of nitrogens with zero attached hydrogens (tertiary/aromatic N) is 2. The number of carbonyl (C=O) groups is 2. The Morgan fingerprint density at radius 1 is 1.30 bits per heavy atom. The summed E-state index contributed by atoms with van der Waals surface area (Å²) in [5, 5.41) is 9.11. The van der Waals surface area contributed by atoms with E-state index in [-0.39, 0.29) is 17.3 Å². The van der Waals surface area contributed by atoms with E-state index in [2.05, 4.69) is 0 Å². The monoisotopic (exact) mass is 322 g/mol. The van der Waals surface area contributed by atoms with Gasteiger partial charge in [0, 0.05) is 18.9 Å². The zero-order chi connectivity index (χ0) is 18.3. The van der Waals surface area contributed by atoms with Crippen LogP contribution in [-0.2, 0) is 14.3 Å². The van der Waals surface area contributed by atoms with Crippen LogP contribution in [0.15, 0.2) is 11.6 Å². The molecule has 1 atom stereocenters. The van der Waals surface area contributed by atoms with Gasteiger partial charge in [0.25, 0.3) is 0 Å². The second kappa shape index (κ2) is 8.83. The third-order valence-electron chi connectivity index (χ3n) is 3.78. The highest BCUT2D eigenvalue weighted by molar-refractivity contribution is 6.04. The van der Waals surface area contributed by atoms with Crippen molar-refractivity contribution in [3.63, 3.8) is 0 Å². The van der Waals surface area contributed by atoms with Crippen molar-refractivity contribution in [2.75, 3.05) is 19.7 Å². The molecule has 1 unspecified atom stereocenters. The van der Waals surface area contributed by atoms with E-state index in [1.165, 1.54) is 6.92 Å². The third-order valence-corrected chi connectivity index (χ3v) is 3.78. The van der Waals surface area contributed by atoms with Crippen LogP contribution in [-0.4, -0.2) is 41.9 Å². The van der Waals surface area contributed by atoms with Crippen LogP contribution >= 0.6 is 0 Å². The molecule has 0 radical (unpaired) electrons. The molecule has 23 heavy (non-hydrogen) atoms. The highest BCUT2D eigenvalue weighted by atomic mass is 16.5. The van der Waals surface area contributed by atoms with Gasteiger partial charge in [0.2, 0.25) is 5.91 Å². The van der Waals surface area contributed by atoms with Gasteiger partial charge in [-0.1, -0.05) is 41.5 Å². The number of allylic oxidation sites excluding steroid dienone is 1. The lowest BCUT2D eigenvalue weighted by Gasteiger charge is -2.46. The van der Waals surface area contributed by atoms with Gasteiger partial charge in [-0.15, -0.1) is 0 Å². The SMILES string of the molecule is CC.CC.CC(=O)N1CCOC2(C=C(C#N)C(=O)C(C)(C)C2)C1. The molecule has 0 saturated carbocycles. The summed E-state index contributed by atoms with van der Waals surface area (Å²) in [6.07, 6.45) is 2.10. The standard InChI is InChI=1S/C14H18N2O3.2C2H6/c1-10(17)16-4-5-19-14(9-16)6-11(7-15)12(18)13(2,3)8-14;2*1-2/h6H,4-5,8-9H2,1-3H3;2*1-2H3. The molecule has 130 valence electrons. The summed E-state index contributed by atoms with van der Waals surface area (Å²) in [7, 11) is 0. The molecule has 1 spiro atoms. The minimum atomic E-state index is -0.702. The molecule has 0 aromatic heterocycles. The fourth-order valence-corrected chi connectivity index (χ4v) is 2.93. The summed E-state index contributed by atoms with van der Waals surface area (Å²) in [5.41, 5.74) is -1.20. The van der Waals surface area contributed by atoms with E-state index in [4.69, 9.17) is 10.00 Å². The van der Waals surface area contributed by atoms with Crippen LogP contribution in [0, 0.1) is 16.7 Å². The topological polar surface area (TPSA) is 70.4 Å². The predicted octanol–water partition coefficient (Wildman–Crippen LogP) is 3.11. The highest BCUT2D eigenvalue weighted by Crippen LogP contribution is 2.41. The van der Waals surface area contributed by atoms with Crippen molar-refractivity contribution >= 4 is 11.7 Å². The predicted molar refractivity (Wildman–Crippen MR) is 90.7 cm³/mol. The summed E-state index contributed by atoms with van der Waals surface area (Å²) >= 11 is 0. The Kier molecular flexibility index (Phi) is 8.19. The molecule has 1 fully saturated rings. The Bertz CT molecular complexity index is 503. The quantitative estimate of drug-likeness (QED) is 0.687.